The van der Waals surface area contributed by atoms with Crippen molar-refractivity contribution in [2.75, 3.05) is 13.7 Å². The van der Waals surface area contributed by atoms with Crippen LogP contribution in [0.15, 0.2) is 42.5 Å². The van der Waals surface area contributed by atoms with Crippen molar-refractivity contribution in [3.05, 3.63) is 58.1 Å². The molecule has 0 saturated heterocycles. The molecule has 1 unspecified atom stereocenters. The van der Waals surface area contributed by atoms with Crippen LogP contribution in [0.4, 0.5) is 5.69 Å². The van der Waals surface area contributed by atoms with E-state index >= 15 is 0 Å². The van der Waals surface area contributed by atoms with Crippen LogP contribution in [-0.2, 0) is 4.79 Å². The molecular weight excluding hydrogens is 314 g/mol. The highest BCUT2D eigenvalue weighted by Gasteiger charge is 2.30. The van der Waals surface area contributed by atoms with Crippen LogP contribution in [-0.4, -0.2) is 24.6 Å². The third-order valence-corrected chi connectivity index (χ3v) is 3.81. The van der Waals surface area contributed by atoms with E-state index in [4.69, 9.17) is 14.2 Å². The fraction of sp³-hybridized carbons (Fsp3) is 0.235. The smallest absolute Gasteiger partial charge is 0.319 e. The number of nitro groups is 1. The highest BCUT2D eigenvalue weighted by atomic mass is 16.6. The Morgan fingerprint density at radius 3 is 2.79 bits per heavy atom. The van der Waals surface area contributed by atoms with Crippen molar-refractivity contribution in [2.45, 2.75) is 12.3 Å². The average molecular weight is 329 g/mol. The first-order chi connectivity index (χ1) is 11.6. The van der Waals surface area contributed by atoms with Gasteiger partial charge in [0.05, 0.1) is 30.6 Å². The van der Waals surface area contributed by atoms with Crippen molar-refractivity contribution in [2.24, 2.45) is 0 Å². The quantitative estimate of drug-likeness (QED) is 0.371. The van der Waals surface area contributed by atoms with Crippen LogP contribution >= 0.6 is 0 Å². The van der Waals surface area contributed by atoms with Crippen LogP contribution in [0.2, 0.25) is 0 Å². The van der Waals surface area contributed by atoms with Gasteiger partial charge in [-0.15, -0.1) is 0 Å². The number of rotatable bonds is 4. The number of fused-ring (bicyclic) bond motifs is 1. The van der Waals surface area contributed by atoms with Crippen molar-refractivity contribution in [1.82, 2.24) is 0 Å². The number of hydrogen-bond acceptors (Lipinski definition) is 6. The van der Waals surface area contributed by atoms with Gasteiger partial charge in [0.25, 0.3) is 5.69 Å². The number of carbonyl (C=O) groups excluding carboxylic acids is 1. The largest absolute Gasteiger partial charge is 0.493 e. The van der Waals surface area contributed by atoms with Crippen LogP contribution < -0.4 is 14.2 Å². The number of nitro benzene ring substituents is 1. The van der Waals surface area contributed by atoms with E-state index in [-0.39, 0.29) is 17.2 Å². The Hall–Kier alpha value is -3.09. The Balaban J connectivity index is 1.88. The third kappa shape index (κ3) is 3.01. The van der Waals surface area contributed by atoms with E-state index in [0.29, 0.717) is 18.8 Å². The molecule has 1 atom stereocenters. The highest BCUT2D eigenvalue weighted by Crippen LogP contribution is 2.37. The molecule has 7 nitrogen and oxygen atoms in total. The molecule has 0 N–H and O–H groups in total. The average Bonchev–Trinajstić information content (AvgIpc) is 2.61. The normalized spacial score (nSPS) is 15.8. The van der Waals surface area contributed by atoms with Crippen molar-refractivity contribution < 1.29 is 23.9 Å². The number of carbonyl (C=O) groups is 1. The summed E-state index contributed by atoms with van der Waals surface area (Å²) >= 11 is 0. The first kappa shape index (κ1) is 15.8. The van der Waals surface area contributed by atoms with Gasteiger partial charge >= 0.3 is 5.97 Å². The molecule has 1 heterocycles. The predicted octanol–water partition coefficient (Wildman–Crippen LogP) is 3.08. The molecule has 2 aromatic rings. The summed E-state index contributed by atoms with van der Waals surface area (Å²) in [4.78, 5) is 22.9. The summed E-state index contributed by atoms with van der Waals surface area (Å²) in [6, 6.07) is 11.1. The lowest BCUT2D eigenvalue weighted by atomic mass is 9.93. The van der Waals surface area contributed by atoms with Crippen molar-refractivity contribution in [3.63, 3.8) is 0 Å². The summed E-state index contributed by atoms with van der Waals surface area (Å²) in [5, 5.41) is 10.9. The Morgan fingerprint density at radius 2 is 2.04 bits per heavy atom. The summed E-state index contributed by atoms with van der Waals surface area (Å²) < 4.78 is 16.0. The molecule has 3 rings (SSSR count). The van der Waals surface area contributed by atoms with Gasteiger partial charge in [0, 0.05) is 11.6 Å². The molecule has 2 aromatic carbocycles. The van der Waals surface area contributed by atoms with Gasteiger partial charge in [-0.25, -0.2) is 0 Å². The number of hydrogen-bond donors (Lipinski definition) is 0. The Labute approximate surface area is 137 Å². The molecular formula is C17H15NO6. The number of ether oxygens (including phenoxy) is 3. The van der Waals surface area contributed by atoms with Crippen molar-refractivity contribution in [3.8, 4) is 17.2 Å². The Kier molecular flexibility index (Phi) is 4.33. The SMILES string of the molecule is COc1ccc([N+](=O)[O-])cc1OC(=O)C1CCOc2ccccc21. The number of esters is 1. The van der Waals surface area contributed by atoms with Gasteiger partial charge in [0.2, 0.25) is 0 Å². The number of non-ortho nitro benzene ring substituents is 1. The predicted molar refractivity (Wildman–Crippen MR) is 84.6 cm³/mol. The molecule has 1 aliphatic heterocycles. The zero-order valence-corrected chi connectivity index (χ0v) is 12.9. The Bertz CT molecular complexity index is 788. The molecule has 7 heteroatoms. The molecule has 0 saturated carbocycles. The van der Waals surface area contributed by atoms with Crippen molar-refractivity contribution >= 4 is 11.7 Å². The number of nitrogens with zero attached hydrogens (tertiary/aromatic N) is 1. The topological polar surface area (TPSA) is 87.9 Å². The van der Waals surface area contributed by atoms with Crippen molar-refractivity contribution in [1.29, 1.82) is 0 Å². The van der Waals surface area contributed by atoms with Crippen LogP contribution in [0, 0.1) is 10.1 Å². The summed E-state index contributed by atoms with van der Waals surface area (Å²) in [5.74, 6) is -0.0462. The van der Waals surface area contributed by atoms with Gasteiger partial charge in [-0.05, 0) is 18.6 Å². The molecule has 124 valence electrons. The second-order valence-electron chi connectivity index (χ2n) is 5.24. The molecule has 0 aromatic heterocycles. The summed E-state index contributed by atoms with van der Waals surface area (Å²) in [6.07, 6.45) is 0.479. The number of para-hydroxylation sites is 1. The lowest BCUT2D eigenvalue weighted by Crippen LogP contribution is -2.25. The maximum Gasteiger partial charge on any atom is 0.319 e. The van der Waals surface area contributed by atoms with Crippen LogP contribution in [0.25, 0.3) is 0 Å². The molecule has 0 radical (unpaired) electrons. The van der Waals surface area contributed by atoms with Gasteiger partial charge in [-0.3, -0.25) is 14.9 Å². The van der Waals surface area contributed by atoms with E-state index in [1.165, 1.54) is 25.3 Å². The van der Waals surface area contributed by atoms with Gasteiger partial charge in [0.15, 0.2) is 11.5 Å². The maximum atomic E-state index is 12.6. The Morgan fingerprint density at radius 1 is 1.25 bits per heavy atom. The molecule has 0 bridgehead atoms. The molecule has 0 amide bonds. The van der Waals surface area contributed by atoms with E-state index in [2.05, 4.69) is 0 Å². The standard InChI is InChI=1S/C17H15NO6/c1-22-15-7-6-11(18(20)21)10-16(15)24-17(19)13-8-9-23-14-5-3-2-4-12(13)14/h2-7,10,13H,8-9H2,1H3. The van der Waals surface area contributed by atoms with E-state index < -0.39 is 16.8 Å². The van der Waals surface area contributed by atoms with E-state index in [9.17, 15) is 14.9 Å². The maximum absolute atomic E-state index is 12.6. The first-order valence-corrected chi connectivity index (χ1v) is 7.36. The number of benzene rings is 2. The zero-order valence-electron chi connectivity index (χ0n) is 12.9. The third-order valence-electron chi connectivity index (χ3n) is 3.81. The molecule has 0 spiro atoms. The fourth-order valence-corrected chi connectivity index (χ4v) is 2.63. The summed E-state index contributed by atoms with van der Waals surface area (Å²) in [5.41, 5.74) is 0.573. The van der Waals surface area contributed by atoms with E-state index in [1.54, 1.807) is 6.07 Å². The molecule has 0 fully saturated rings. The van der Waals surface area contributed by atoms with Gasteiger partial charge in [-0.1, -0.05) is 18.2 Å². The summed E-state index contributed by atoms with van der Waals surface area (Å²) in [6.45, 7) is 0.406. The second-order valence-corrected chi connectivity index (χ2v) is 5.24. The minimum absolute atomic E-state index is 0.0284. The molecule has 1 aliphatic rings. The van der Waals surface area contributed by atoms with Crippen LogP contribution in [0.3, 0.4) is 0 Å². The zero-order chi connectivity index (χ0) is 17.1. The van der Waals surface area contributed by atoms with Gasteiger partial charge < -0.3 is 14.2 Å². The van der Waals surface area contributed by atoms with E-state index in [1.807, 2.05) is 18.2 Å². The lowest BCUT2D eigenvalue weighted by molar-refractivity contribution is -0.384. The van der Waals surface area contributed by atoms with Crippen LogP contribution in [0.5, 0.6) is 17.2 Å². The van der Waals surface area contributed by atoms with E-state index in [0.717, 1.165) is 5.56 Å². The minimum Gasteiger partial charge on any atom is -0.493 e. The highest BCUT2D eigenvalue weighted by molar-refractivity contribution is 5.82. The second kappa shape index (κ2) is 6.57. The first-order valence-electron chi connectivity index (χ1n) is 7.36. The van der Waals surface area contributed by atoms with Crippen LogP contribution in [0.1, 0.15) is 17.9 Å². The van der Waals surface area contributed by atoms with Gasteiger partial charge in [-0.2, -0.15) is 0 Å². The molecule has 24 heavy (non-hydrogen) atoms. The van der Waals surface area contributed by atoms with Gasteiger partial charge in [0.1, 0.15) is 5.75 Å². The monoisotopic (exact) mass is 329 g/mol. The fourth-order valence-electron chi connectivity index (χ4n) is 2.63. The number of methoxy groups -OCH3 is 1. The lowest BCUT2D eigenvalue weighted by Gasteiger charge is -2.24. The summed E-state index contributed by atoms with van der Waals surface area (Å²) in [7, 11) is 1.41. The molecule has 0 aliphatic carbocycles. The minimum atomic E-state index is -0.555.